The van der Waals surface area contributed by atoms with Gasteiger partial charge in [-0.2, -0.15) is 0 Å². The standard InChI is InChI=1S/C24H33F3O/c1-2-3-4-5-18-14-22(26)24(23(27)15-18)28-16-17-6-8-19(9-7-17)20-10-12-21(25)13-11-20/h12,14-15,17,19-20H,2-11,13,16H2,1H3/t17-,19-,20?. The fraction of sp³-hybridized carbons (Fsp3) is 0.667. The highest BCUT2D eigenvalue weighted by atomic mass is 19.1. The molecule has 4 heteroatoms. The van der Waals surface area contributed by atoms with E-state index >= 15 is 0 Å². The molecule has 0 amide bonds. The zero-order valence-electron chi connectivity index (χ0n) is 17.0. The Kier molecular flexibility index (Phi) is 7.87. The quantitative estimate of drug-likeness (QED) is 0.414. The summed E-state index contributed by atoms with van der Waals surface area (Å²) >= 11 is 0. The number of unbranched alkanes of at least 4 members (excludes halogenated alkanes) is 2. The Bertz CT molecular complexity index is 639. The lowest BCUT2D eigenvalue weighted by molar-refractivity contribution is 0.142. The summed E-state index contributed by atoms with van der Waals surface area (Å²) in [6.45, 7) is 2.48. The van der Waals surface area contributed by atoms with Crippen LogP contribution in [0.15, 0.2) is 24.0 Å². The van der Waals surface area contributed by atoms with E-state index in [0.717, 1.165) is 57.8 Å². The second-order valence-electron chi connectivity index (χ2n) is 8.62. The van der Waals surface area contributed by atoms with E-state index in [2.05, 4.69) is 6.92 Å². The van der Waals surface area contributed by atoms with Gasteiger partial charge in [0.2, 0.25) is 0 Å². The van der Waals surface area contributed by atoms with Gasteiger partial charge in [0.05, 0.1) is 12.4 Å². The molecule has 1 atom stereocenters. The zero-order valence-corrected chi connectivity index (χ0v) is 17.0. The average Bonchev–Trinajstić information content (AvgIpc) is 2.69. The third kappa shape index (κ3) is 5.78. The van der Waals surface area contributed by atoms with Crippen LogP contribution in [0.5, 0.6) is 5.75 Å². The van der Waals surface area contributed by atoms with Crippen molar-refractivity contribution in [3.63, 3.8) is 0 Å². The van der Waals surface area contributed by atoms with Crippen molar-refractivity contribution < 1.29 is 17.9 Å². The summed E-state index contributed by atoms with van der Waals surface area (Å²) in [5.74, 6) is 0.226. The first kappa shape index (κ1) is 21.3. The number of ether oxygens (including phenoxy) is 1. The van der Waals surface area contributed by atoms with Crippen molar-refractivity contribution in [3.8, 4) is 5.75 Å². The number of allylic oxidation sites excluding steroid dienone is 2. The van der Waals surface area contributed by atoms with Crippen LogP contribution < -0.4 is 4.74 Å². The van der Waals surface area contributed by atoms with E-state index < -0.39 is 11.6 Å². The third-order valence-electron chi connectivity index (χ3n) is 6.54. The van der Waals surface area contributed by atoms with Crippen LogP contribution in [0.3, 0.4) is 0 Å². The molecule has 0 bridgehead atoms. The van der Waals surface area contributed by atoms with Crippen molar-refractivity contribution in [2.75, 3.05) is 6.61 Å². The van der Waals surface area contributed by atoms with Crippen molar-refractivity contribution in [2.24, 2.45) is 17.8 Å². The highest BCUT2D eigenvalue weighted by Gasteiger charge is 2.29. The van der Waals surface area contributed by atoms with E-state index in [-0.39, 0.29) is 11.6 Å². The van der Waals surface area contributed by atoms with E-state index in [1.165, 1.54) is 12.1 Å². The second-order valence-corrected chi connectivity index (χ2v) is 8.62. The minimum atomic E-state index is -0.587. The van der Waals surface area contributed by atoms with E-state index in [9.17, 15) is 13.2 Å². The predicted octanol–water partition coefficient (Wildman–Crippen LogP) is 7.54. The lowest BCUT2D eigenvalue weighted by Crippen LogP contribution is -2.25. The molecular weight excluding hydrogens is 361 g/mol. The first-order valence-corrected chi connectivity index (χ1v) is 11.0. The molecular formula is C24H33F3O. The van der Waals surface area contributed by atoms with Crippen LogP contribution in [0.2, 0.25) is 0 Å². The van der Waals surface area contributed by atoms with Gasteiger partial charge in [-0.15, -0.1) is 0 Å². The van der Waals surface area contributed by atoms with Gasteiger partial charge in [-0.25, -0.2) is 13.2 Å². The molecule has 1 saturated carbocycles. The molecule has 0 heterocycles. The van der Waals surface area contributed by atoms with Gasteiger partial charge in [-0.05, 0) is 93.2 Å². The molecule has 1 aromatic rings. The van der Waals surface area contributed by atoms with Gasteiger partial charge < -0.3 is 4.74 Å². The van der Waals surface area contributed by atoms with Crippen molar-refractivity contribution >= 4 is 0 Å². The summed E-state index contributed by atoms with van der Waals surface area (Å²) in [5, 5.41) is 0. The Morgan fingerprint density at radius 1 is 0.929 bits per heavy atom. The van der Waals surface area contributed by atoms with Gasteiger partial charge in [-0.1, -0.05) is 25.8 Å². The fourth-order valence-electron chi connectivity index (χ4n) is 4.75. The van der Waals surface area contributed by atoms with Gasteiger partial charge in [0.15, 0.2) is 17.4 Å². The van der Waals surface area contributed by atoms with E-state index in [4.69, 9.17) is 4.74 Å². The van der Waals surface area contributed by atoms with Gasteiger partial charge >= 0.3 is 0 Å². The van der Waals surface area contributed by atoms with Crippen molar-refractivity contribution in [3.05, 3.63) is 41.2 Å². The molecule has 0 radical (unpaired) electrons. The third-order valence-corrected chi connectivity index (χ3v) is 6.54. The molecule has 2 aliphatic carbocycles. The number of benzene rings is 1. The minimum Gasteiger partial charge on any atom is -0.487 e. The van der Waals surface area contributed by atoms with Crippen LogP contribution in [0.4, 0.5) is 13.2 Å². The maximum Gasteiger partial charge on any atom is 0.190 e. The maximum atomic E-state index is 14.3. The van der Waals surface area contributed by atoms with Crippen LogP contribution >= 0.6 is 0 Å². The Hall–Kier alpha value is -1.45. The number of halogens is 3. The van der Waals surface area contributed by atoms with Crippen molar-refractivity contribution in [2.45, 2.75) is 77.6 Å². The normalized spacial score (nSPS) is 25.4. The second kappa shape index (κ2) is 10.4. The van der Waals surface area contributed by atoms with Crippen LogP contribution in [-0.2, 0) is 6.42 Å². The van der Waals surface area contributed by atoms with E-state index in [1.54, 1.807) is 6.08 Å². The summed E-state index contributed by atoms with van der Waals surface area (Å²) in [6.07, 6.45) is 12.2. The van der Waals surface area contributed by atoms with Crippen LogP contribution in [0, 0.1) is 29.4 Å². The summed E-state index contributed by atoms with van der Waals surface area (Å²) in [7, 11) is 0. The molecule has 0 spiro atoms. The molecule has 3 rings (SSSR count). The van der Waals surface area contributed by atoms with Crippen LogP contribution in [0.25, 0.3) is 0 Å². The van der Waals surface area contributed by atoms with Crippen molar-refractivity contribution in [1.29, 1.82) is 0 Å². The van der Waals surface area contributed by atoms with E-state index in [0.29, 0.717) is 42.8 Å². The summed E-state index contributed by atoms with van der Waals surface area (Å²) in [4.78, 5) is 0. The largest absolute Gasteiger partial charge is 0.487 e. The lowest BCUT2D eigenvalue weighted by Gasteiger charge is -2.34. The molecule has 1 aromatic carbocycles. The Morgan fingerprint density at radius 2 is 1.64 bits per heavy atom. The van der Waals surface area contributed by atoms with Crippen molar-refractivity contribution in [1.82, 2.24) is 0 Å². The van der Waals surface area contributed by atoms with Gasteiger partial charge in [0.1, 0.15) is 0 Å². The summed E-state index contributed by atoms with van der Waals surface area (Å²) in [5.41, 5.74) is 0.703. The predicted molar refractivity (Wildman–Crippen MR) is 107 cm³/mol. The fourth-order valence-corrected chi connectivity index (χ4v) is 4.75. The van der Waals surface area contributed by atoms with Gasteiger partial charge in [-0.3, -0.25) is 0 Å². The first-order valence-electron chi connectivity index (χ1n) is 11.0. The SMILES string of the molecule is CCCCCc1cc(F)c(OC[C@H]2CC[C@H](C3CC=C(F)CC3)CC2)c(F)c1. The molecule has 28 heavy (non-hydrogen) atoms. The average molecular weight is 395 g/mol. The molecule has 0 saturated heterocycles. The Balaban J connectivity index is 1.46. The molecule has 1 unspecified atom stereocenters. The van der Waals surface area contributed by atoms with E-state index in [1.807, 2.05) is 0 Å². The van der Waals surface area contributed by atoms with Gasteiger partial charge in [0, 0.05) is 0 Å². The molecule has 1 fully saturated rings. The number of hydrogen-bond acceptors (Lipinski definition) is 1. The molecule has 0 N–H and O–H groups in total. The molecule has 2 aliphatic rings. The maximum absolute atomic E-state index is 14.3. The Morgan fingerprint density at radius 3 is 2.25 bits per heavy atom. The highest BCUT2D eigenvalue weighted by Crippen LogP contribution is 2.40. The number of aryl methyl sites for hydroxylation is 1. The molecule has 0 aliphatic heterocycles. The molecule has 156 valence electrons. The monoisotopic (exact) mass is 394 g/mol. The Labute approximate surface area is 167 Å². The summed E-state index contributed by atoms with van der Waals surface area (Å²) < 4.78 is 47.4. The molecule has 1 nitrogen and oxygen atoms in total. The first-order chi connectivity index (χ1) is 13.6. The smallest absolute Gasteiger partial charge is 0.190 e. The zero-order chi connectivity index (χ0) is 19.9. The van der Waals surface area contributed by atoms with Gasteiger partial charge in [0.25, 0.3) is 0 Å². The molecule has 0 aromatic heterocycles. The van der Waals surface area contributed by atoms with Crippen LogP contribution in [0.1, 0.15) is 76.7 Å². The topological polar surface area (TPSA) is 9.23 Å². The minimum absolute atomic E-state index is 0.0405. The lowest BCUT2D eigenvalue weighted by atomic mass is 9.72. The highest BCUT2D eigenvalue weighted by molar-refractivity contribution is 5.31. The number of rotatable bonds is 8. The summed E-state index contributed by atoms with van der Waals surface area (Å²) in [6, 6.07) is 2.83. The number of hydrogen-bond donors (Lipinski definition) is 0. The van der Waals surface area contributed by atoms with Crippen LogP contribution in [-0.4, -0.2) is 6.61 Å².